The molecule has 1 aliphatic rings. The lowest BCUT2D eigenvalue weighted by atomic mass is 10.4. The molecular weight excluding hydrogens is 300 g/mol. The number of aryl methyl sites for hydroxylation is 2. The maximum atomic E-state index is 11.7. The van der Waals surface area contributed by atoms with Gasteiger partial charge >= 0.3 is 0 Å². The molecule has 0 saturated heterocycles. The van der Waals surface area contributed by atoms with Crippen molar-refractivity contribution >= 4 is 23.6 Å². The monoisotopic (exact) mass is 310 g/mol. The molecule has 6 N–H and O–H groups in total. The summed E-state index contributed by atoms with van der Waals surface area (Å²) in [4.78, 5) is 23.4. The molecular formula is C8H10N10O2S. The third kappa shape index (κ3) is 2.12. The predicted molar refractivity (Wildman–Crippen MR) is 67.5 cm³/mol. The van der Waals surface area contributed by atoms with Crippen LogP contribution in [0.1, 0.15) is 21.0 Å². The molecule has 2 amide bonds. The maximum Gasteiger partial charge on any atom is 0.288 e. The highest BCUT2D eigenvalue weighted by Gasteiger charge is 2.28. The number of hydrogen-bond acceptors (Lipinski definition) is 9. The molecule has 21 heavy (non-hydrogen) atoms. The molecule has 3 heterocycles. The average Bonchev–Trinajstić information content (AvgIpc) is 3.05. The highest BCUT2D eigenvalue weighted by atomic mass is 32.2. The number of carbonyl (C=O) groups excluding carboxylic acids is 2. The number of nitrogens with one attached hydrogen (secondary N) is 2. The molecule has 0 radical (unpaired) electrons. The summed E-state index contributed by atoms with van der Waals surface area (Å²) in [5, 5.41) is 16.2. The highest BCUT2D eigenvalue weighted by molar-refractivity contribution is 7.99. The van der Waals surface area contributed by atoms with Crippen molar-refractivity contribution in [1.82, 2.24) is 40.8 Å². The van der Waals surface area contributed by atoms with Crippen molar-refractivity contribution in [3.63, 3.8) is 0 Å². The number of hydrazine groups is 2. The van der Waals surface area contributed by atoms with Crippen LogP contribution >= 0.6 is 11.8 Å². The molecule has 0 aromatic carbocycles. The number of nitrogens with zero attached hydrogens (tertiary/aromatic N) is 6. The van der Waals surface area contributed by atoms with Crippen molar-refractivity contribution < 1.29 is 9.59 Å². The van der Waals surface area contributed by atoms with Crippen LogP contribution in [0.15, 0.2) is 10.1 Å². The Morgan fingerprint density at radius 3 is 1.76 bits per heavy atom. The number of amides is 2. The lowest BCUT2D eigenvalue weighted by molar-refractivity contribution is 0.0938. The number of carbonyl (C=O) groups is 2. The number of rotatable bonds is 2. The number of nitrogen functional groups attached to an aromatic ring is 2. The van der Waals surface area contributed by atoms with Crippen molar-refractivity contribution in [2.75, 3.05) is 0 Å². The summed E-state index contributed by atoms with van der Waals surface area (Å²) in [6.07, 6.45) is 0. The Kier molecular flexibility index (Phi) is 3.28. The summed E-state index contributed by atoms with van der Waals surface area (Å²) >= 11 is 1.10. The summed E-state index contributed by atoms with van der Waals surface area (Å²) < 4.78 is 3.07. The van der Waals surface area contributed by atoms with E-state index in [0.717, 1.165) is 11.8 Å². The molecule has 0 atom stereocenters. The SMILES string of the molecule is NNC(=O)c1nnn2c1Sc1c(C(=O)NN)nnn1CC2. The minimum absolute atomic E-state index is 0.0660. The molecule has 3 rings (SSSR count). The smallest absolute Gasteiger partial charge is 0.288 e. The quantitative estimate of drug-likeness (QED) is 0.260. The van der Waals surface area contributed by atoms with Gasteiger partial charge in [0.25, 0.3) is 11.8 Å². The van der Waals surface area contributed by atoms with E-state index >= 15 is 0 Å². The molecule has 2 aromatic heterocycles. The fourth-order valence-electron chi connectivity index (χ4n) is 1.81. The Balaban J connectivity index is 2.06. The summed E-state index contributed by atoms with van der Waals surface area (Å²) in [6.45, 7) is 0.848. The largest absolute Gasteiger partial charge is 0.289 e. The van der Waals surface area contributed by atoms with Crippen LogP contribution in [0.25, 0.3) is 0 Å². The van der Waals surface area contributed by atoms with Crippen LogP contribution in [0.4, 0.5) is 0 Å². The summed E-state index contributed by atoms with van der Waals surface area (Å²) in [5.41, 5.74) is 4.13. The molecule has 0 aliphatic carbocycles. The number of fused-ring (bicyclic) bond motifs is 2. The molecule has 0 spiro atoms. The predicted octanol–water partition coefficient (Wildman–Crippen LogP) is -2.76. The third-order valence-corrected chi connectivity index (χ3v) is 3.98. The van der Waals surface area contributed by atoms with E-state index in [1.807, 2.05) is 10.9 Å². The van der Waals surface area contributed by atoms with Crippen LogP contribution in [-0.4, -0.2) is 41.8 Å². The van der Waals surface area contributed by atoms with Gasteiger partial charge in [0, 0.05) is 0 Å². The van der Waals surface area contributed by atoms with E-state index in [4.69, 9.17) is 11.7 Å². The van der Waals surface area contributed by atoms with Crippen molar-refractivity contribution in [3.05, 3.63) is 11.4 Å². The van der Waals surface area contributed by atoms with Gasteiger partial charge in [0.2, 0.25) is 0 Å². The molecule has 12 nitrogen and oxygen atoms in total. The van der Waals surface area contributed by atoms with Gasteiger partial charge in [-0.25, -0.2) is 21.0 Å². The second kappa shape index (κ2) is 5.12. The summed E-state index contributed by atoms with van der Waals surface area (Å²) in [6, 6.07) is 0. The Morgan fingerprint density at radius 1 is 0.952 bits per heavy atom. The van der Waals surface area contributed by atoms with E-state index in [2.05, 4.69) is 20.6 Å². The lowest BCUT2D eigenvalue weighted by Gasteiger charge is -2.02. The van der Waals surface area contributed by atoms with E-state index in [9.17, 15) is 9.59 Å². The second-order valence-corrected chi connectivity index (χ2v) is 4.96. The zero-order chi connectivity index (χ0) is 15.0. The van der Waals surface area contributed by atoms with Gasteiger partial charge in [0.1, 0.15) is 10.1 Å². The maximum absolute atomic E-state index is 11.7. The van der Waals surface area contributed by atoms with Crippen LogP contribution in [-0.2, 0) is 13.1 Å². The Hall–Kier alpha value is -2.51. The van der Waals surface area contributed by atoms with Gasteiger partial charge in [-0.05, 0) is 11.8 Å². The minimum Gasteiger partial charge on any atom is -0.289 e. The highest BCUT2D eigenvalue weighted by Crippen LogP contribution is 2.33. The van der Waals surface area contributed by atoms with Crippen LogP contribution in [0.3, 0.4) is 0 Å². The number of aromatic nitrogens is 6. The third-order valence-electron chi connectivity index (χ3n) is 2.79. The molecule has 0 fully saturated rings. The van der Waals surface area contributed by atoms with Gasteiger partial charge in [-0.15, -0.1) is 10.2 Å². The summed E-state index contributed by atoms with van der Waals surface area (Å²) in [5.74, 6) is 9.08. The first kappa shape index (κ1) is 13.5. The van der Waals surface area contributed by atoms with Crippen LogP contribution in [0, 0.1) is 0 Å². The van der Waals surface area contributed by atoms with Crippen molar-refractivity contribution in [3.8, 4) is 0 Å². The Labute approximate surface area is 121 Å². The van der Waals surface area contributed by atoms with E-state index < -0.39 is 11.8 Å². The van der Waals surface area contributed by atoms with Crippen molar-refractivity contribution in [2.45, 2.75) is 23.1 Å². The number of hydrogen-bond donors (Lipinski definition) is 4. The van der Waals surface area contributed by atoms with Gasteiger partial charge in [-0.3, -0.25) is 20.4 Å². The van der Waals surface area contributed by atoms with Gasteiger partial charge in [-0.2, -0.15) is 0 Å². The first-order valence-electron chi connectivity index (χ1n) is 5.72. The van der Waals surface area contributed by atoms with Crippen LogP contribution in [0.5, 0.6) is 0 Å². The first-order chi connectivity index (χ1) is 10.2. The first-order valence-corrected chi connectivity index (χ1v) is 6.54. The molecule has 0 saturated carbocycles. The minimum atomic E-state index is -0.575. The van der Waals surface area contributed by atoms with Gasteiger partial charge in [0.05, 0.1) is 13.1 Å². The van der Waals surface area contributed by atoms with Crippen molar-refractivity contribution in [1.29, 1.82) is 0 Å². The molecule has 0 bridgehead atoms. The standard InChI is InChI=1S/C8H10N10O2S/c9-11-5(19)3-7-17(15-13-3)1-2-18-8(21-7)4(14-16-18)6(20)12-10/h1-2,9-10H2,(H,11,19)(H,12,20). The zero-order valence-electron chi connectivity index (χ0n) is 10.5. The summed E-state index contributed by atoms with van der Waals surface area (Å²) in [7, 11) is 0. The topological polar surface area (TPSA) is 172 Å². The molecule has 1 aliphatic heterocycles. The molecule has 0 unspecified atom stereocenters. The van der Waals surface area contributed by atoms with Gasteiger partial charge in [-0.1, -0.05) is 10.4 Å². The van der Waals surface area contributed by atoms with Gasteiger partial charge in [0.15, 0.2) is 11.4 Å². The van der Waals surface area contributed by atoms with Crippen LogP contribution < -0.4 is 22.5 Å². The van der Waals surface area contributed by atoms with Crippen LogP contribution in [0.2, 0.25) is 0 Å². The molecule has 2 aromatic rings. The molecule has 110 valence electrons. The average molecular weight is 310 g/mol. The Bertz CT molecular complexity index is 660. The van der Waals surface area contributed by atoms with Crippen molar-refractivity contribution in [2.24, 2.45) is 11.7 Å². The fourth-order valence-corrected chi connectivity index (χ4v) is 2.92. The second-order valence-electron chi connectivity index (χ2n) is 3.98. The normalized spacial score (nSPS) is 13.0. The molecule has 13 heteroatoms. The van der Waals surface area contributed by atoms with E-state index in [-0.39, 0.29) is 11.4 Å². The van der Waals surface area contributed by atoms with Gasteiger partial charge < -0.3 is 0 Å². The fraction of sp³-hybridized carbons (Fsp3) is 0.250. The zero-order valence-corrected chi connectivity index (χ0v) is 11.3. The lowest BCUT2D eigenvalue weighted by Crippen LogP contribution is -2.31. The number of nitrogens with two attached hydrogens (primary N) is 2. The van der Waals surface area contributed by atoms with E-state index in [0.29, 0.717) is 23.1 Å². The van der Waals surface area contributed by atoms with E-state index in [1.54, 1.807) is 0 Å². The Morgan fingerprint density at radius 2 is 1.38 bits per heavy atom. The van der Waals surface area contributed by atoms with E-state index in [1.165, 1.54) is 9.36 Å².